The van der Waals surface area contributed by atoms with Crippen LogP contribution < -0.4 is 10.2 Å². The van der Waals surface area contributed by atoms with Gasteiger partial charge in [0.25, 0.3) is 0 Å². The van der Waals surface area contributed by atoms with Crippen molar-refractivity contribution in [3.63, 3.8) is 0 Å². The Balaban J connectivity index is 2.85. The fourth-order valence-corrected chi connectivity index (χ4v) is 1.22. The zero-order valence-electron chi connectivity index (χ0n) is 9.12. The Kier molecular flexibility index (Phi) is 3.84. The van der Waals surface area contributed by atoms with E-state index in [0.29, 0.717) is 5.69 Å². The van der Waals surface area contributed by atoms with Crippen molar-refractivity contribution in [1.82, 2.24) is 5.32 Å². The van der Waals surface area contributed by atoms with Crippen LogP contribution in [0.2, 0.25) is 0 Å². The van der Waals surface area contributed by atoms with Gasteiger partial charge in [-0.05, 0) is 18.2 Å². The molecule has 1 N–H and O–H groups in total. The lowest BCUT2D eigenvalue weighted by molar-refractivity contribution is -0.119. The summed E-state index contributed by atoms with van der Waals surface area (Å²) in [6.07, 6.45) is 0. The first-order valence-electron chi connectivity index (χ1n) is 4.70. The van der Waals surface area contributed by atoms with Crippen molar-refractivity contribution in [3.05, 3.63) is 29.6 Å². The average Bonchev–Trinajstić information content (AvgIpc) is 2.28. The molecular weight excluding hydrogens is 209 g/mol. The normalized spacial score (nSPS) is 9.38. The molecule has 0 aliphatic carbocycles. The highest BCUT2D eigenvalue weighted by Crippen LogP contribution is 2.16. The zero-order chi connectivity index (χ0) is 12.1. The second-order valence-electron chi connectivity index (χ2n) is 3.31. The summed E-state index contributed by atoms with van der Waals surface area (Å²) in [6, 6.07) is 5.97. The fraction of sp³-hybridized carbons (Fsp3) is 0.273. The van der Waals surface area contributed by atoms with Crippen molar-refractivity contribution in [2.24, 2.45) is 0 Å². The molecule has 0 aromatic heterocycles. The highest BCUT2D eigenvalue weighted by molar-refractivity contribution is 5.80. The molecule has 1 aromatic rings. The summed E-state index contributed by atoms with van der Waals surface area (Å²) < 4.78 is 13.3. The van der Waals surface area contributed by atoms with E-state index in [-0.39, 0.29) is 18.0 Å². The van der Waals surface area contributed by atoms with Gasteiger partial charge < -0.3 is 10.2 Å². The molecule has 0 aliphatic rings. The van der Waals surface area contributed by atoms with Gasteiger partial charge in [0, 0.05) is 19.8 Å². The average molecular weight is 221 g/mol. The van der Waals surface area contributed by atoms with Gasteiger partial charge in [-0.25, -0.2) is 4.39 Å². The van der Waals surface area contributed by atoms with Crippen LogP contribution in [0.1, 0.15) is 5.56 Å². The minimum atomic E-state index is -0.580. The van der Waals surface area contributed by atoms with Crippen LogP contribution in [0.3, 0.4) is 0 Å². The molecule has 0 aliphatic heterocycles. The molecular formula is C11H12FN3O. The van der Waals surface area contributed by atoms with Crippen LogP contribution in [-0.4, -0.2) is 26.5 Å². The van der Waals surface area contributed by atoms with Gasteiger partial charge in [0.1, 0.15) is 11.9 Å². The summed E-state index contributed by atoms with van der Waals surface area (Å²) in [5.41, 5.74) is 0.553. The summed E-state index contributed by atoms with van der Waals surface area (Å²) in [6.45, 7) is 0.141. The zero-order valence-corrected chi connectivity index (χ0v) is 9.12. The Hall–Kier alpha value is -2.09. The second-order valence-corrected chi connectivity index (χ2v) is 3.31. The predicted octanol–water partition coefficient (Wildman–Crippen LogP) is 0.880. The van der Waals surface area contributed by atoms with Crippen molar-refractivity contribution < 1.29 is 9.18 Å². The SMILES string of the molecule is CNC(=O)CN(C)c1ccc(C#N)c(F)c1. The van der Waals surface area contributed by atoms with Crippen molar-refractivity contribution >= 4 is 11.6 Å². The number of rotatable bonds is 3. The Bertz CT molecular complexity index is 439. The Labute approximate surface area is 93.3 Å². The lowest BCUT2D eigenvalue weighted by Gasteiger charge is -2.18. The van der Waals surface area contributed by atoms with E-state index in [0.717, 1.165) is 0 Å². The van der Waals surface area contributed by atoms with E-state index >= 15 is 0 Å². The van der Waals surface area contributed by atoms with E-state index in [4.69, 9.17) is 5.26 Å². The smallest absolute Gasteiger partial charge is 0.239 e. The molecule has 0 saturated carbocycles. The molecule has 0 bridgehead atoms. The van der Waals surface area contributed by atoms with Crippen LogP contribution in [0.15, 0.2) is 18.2 Å². The van der Waals surface area contributed by atoms with E-state index in [9.17, 15) is 9.18 Å². The van der Waals surface area contributed by atoms with Gasteiger partial charge in [-0.3, -0.25) is 4.79 Å². The Morgan fingerprint density at radius 1 is 1.62 bits per heavy atom. The molecule has 0 saturated heterocycles. The van der Waals surface area contributed by atoms with Crippen molar-refractivity contribution in [1.29, 1.82) is 5.26 Å². The fourth-order valence-electron chi connectivity index (χ4n) is 1.22. The van der Waals surface area contributed by atoms with E-state index in [1.54, 1.807) is 24.1 Å². The number of hydrogen-bond donors (Lipinski definition) is 1. The number of benzene rings is 1. The molecule has 4 nitrogen and oxygen atoms in total. The molecule has 5 heteroatoms. The summed E-state index contributed by atoms with van der Waals surface area (Å²) in [5, 5.41) is 11.0. The highest BCUT2D eigenvalue weighted by atomic mass is 19.1. The van der Waals surface area contributed by atoms with Crippen LogP contribution in [0.25, 0.3) is 0 Å². The molecule has 0 radical (unpaired) electrons. The molecule has 84 valence electrons. The number of anilines is 1. The molecule has 0 fully saturated rings. The van der Waals surface area contributed by atoms with Gasteiger partial charge in [0.15, 0.2) is 0 Å². The van der Waals surface area contributed by atoms with Crippen molar-refractivity contribution in [2.75, 3.05) is 25.5 Å². The monoisotopic (exact) mass is 221 g/mol. The lowest BCUT2D eigenvalue weighted by Crippen LogP contribution is -2.32. The van der Waals surface area contributed by atoms with E-state index < -0.39 is 5.82 Å². The summed E-state index contributed by atoms with van der Waals surface area (Å²) in [7, 11) is 3.21. The van der Waals surface area contributed by atoms with Crippen molar-refractivity contribution in [3.8, 4) is 6.07 Å². The van der Waals surface area contributed by atoms with E-state index in [1.165, 1.54) is 19.2 Å². The first-order valence-corrected chi connectivity index (χ1v) is 4.70. The number of likely N-dealkylation sites (N-methyl/N-ethyl adjacent to an activating group) is 2. The number of nitriles is 1. The van der Waals surface area contributed by atoms with Gasteiger partial charge in [-0.2, -0.15) is 5.26 Å². The maximum atomic E-state index is 13.3. The number of amides is 1. The number of nitrogens with zero attached hydrogens (tertiary/aromatic N) is 2. The number of carbonyl (C=O) groups is 1. The topological polar surface area (TPSA) is 56.1 Å². The molecule has 0 atom stereocenters. The van der Waals surface area contributed by atoms with Gasteiger partial charge in [0.05, 0.1) is 12.1 Å². The first kappa shape index (κ1) is 12.0. The van der Waals surface area contributed by atoms with Crippen LogP contribution >= 0.6 is 0 Å². The summed E-state index contributed by atoms with van der Waals surface area (Å²) in [5.74, 6) is -0.740. The van der Waals surface area contributed by atoms with Crippen LogP contribution in [0.5, 0.6) is 0 Å². The molecule has 1 aromatic carbocycles. The Morgan fingerprint density at radius 3 is 2.81 bits per heavy atom. The van der Waals surface area contributed by atoms with Crippen LogP contribution in [-0.2, 0) is 4.79 Å². The Morgan fingerprint density at radius 2 is 2.31 bits per heavy atom. The van der Waals surface area contributed by atoms with E-state index in [1.807, 2.05) is 0 Å². The molecule has 0 unspecified atom stereocenters. The molecule has 0 spiro atoms. The third kappa shape index (κ3) is 2.70. The third-order valence-corrected chi connectivity index (χ3v) is 2.17. The number of halogens is 1. The molecule has 1 amide bonds. The highest BCUT2D eigenvalue weighted by Gasteiger charge is 2.08. The van der Waals surface area contributed by atoms with Gasteiger partial charge in [0.2, 0.25) is 5.91 Å². The predicted molar refractivity (Wildman–Crippen MR) is 58.5 cm³/mol. The minimum absolute atomic E-state index is 0.00269. The van der Waals surface area contributed by atoms with Gasteiger partial charge in [-0.1, -0.05) is 0 Å². The molecule has 16 heavy (non-hydrogen) atoms. The largest absolute Gasteiger partial charge is 0.365 e. The van der Waals surface area contributed by atoms with Gasteiger partial charge in [-0.15, -0.1) is 0 Å². The summed E-state index contributed by atoms with van der Waals surface area (Å²) in [4.78, 5) is 12.7. The number of hydrogen-bond acceptors (Lipinski definition) is 3. The summed E-state index contributed by atoms with van der Waals surface area (Å²) >= 11 is 0. The minimum Gasteiger partial charge on any atom is -0.365 e. The second kappa shape index (κ2) is 5.12. The third-order valence-electron chi connectivity index (χ3n) is 2.17. The molecule has 1 rings (SSSR count). The molecule has 0 heterocycles. The van der Waals surface area contributed by atoms with Crippen LogP contribution in [0.4, 0.5) is 10.1 Å². The van der Waals surface area contributed by atoms with Crippen molar-refractivity contribution in [2.45, 2.75) is 0 Å². The standard InChI is InChI=1S/C11H12FN3O/c1-14-11(16)7-15(2)9-4-3-8(6-13)10(12)5-9/h3-5H,7H2,1-2H3,(H,14,16). The lowest BCUT2D eigenvalue weighted by atomic mass is 10.2. The number of nitrogens with one attached hydrogen (secondary N) is 1. The van der Waals surface area contributed by atoms with E-state index in [2.05, 4.69) is 5.32 Å². The maximum absolute atomic E-state index is 13.3. The first-order chi connectivity index (χ1) is 7.58. The van der Waals surface area contributed by atoms with Gasteiger partial charge >= 0.3 is 0 Å². The number of carbonyl (C=O) groups excluding carboxylic acids is 1. The maximum Gasteiger partial charge on any atom is 0.239 e. The quantitative estimate of drug-likeness (QED) is 0.824. The van der Waals surface area contributed by atoms with Crippen LogP contribution in [0, 0.1) is 17.1 Å².